The number of rotatable bonds is 1. The van der Waals surface area contributed by atoms with E-state index in [1.165, 1.54) is 0 Å². The molecule has 1 atom stereocenters. The third-order valence-corrected chi connectivity index (χ3v) is 3.01. The summed E-state index contributed by atoms with van der Waals surface area (Å²) in [5.41, 5.74) is 0.890. The zero-order chi connectivity index (χ0) is 10.1. The minimum atomic E-state index is -0.164. The first-order valence-electron chi connectivity index (χ1n) is 4.31. The fourth-order valence-corrected chi connectivity index (χ4v) is 2.30. The summed E-state index contributed by atoms with van der Waals surface area (Å²) in [6.45, 7) is 0. The Morgan fingerprint density at radius 1 is 1.50 bits per heavy atom. The molecule has 1 fully saturated rings. The van der Waals surface area contributed by atoms with E-state index in [2.05, 4.69) is 15.9 Å². The Balaban J connectivity index is 2.28. The summed E-state index contributed by atoms with van der Waals surface area (Å²) in [7, 11) is 0. The van der Waals surface area contributed by atoms with Crippen LogP contribution in [0.15, 0.2) is 22.7 Å². The fourth-order valence-electron chi connectivity index (χ4n) is 1.51. The van der Waals surface area contributed by atoms with Gasteiger partial charge in [0.25, 0.3) is 0 Å². The third-order valence-electron chi connectivity index (χ3n) is 2.19. The van der Waals surface area contributed by atoms with E-state index in [-0.39, 0.29) is 12.1 Å². The molecule has 0 unspecified atom stereocenters. The molecule has 2 nitrogen and oxygen atoms in total. The maximum Gasteiger partial charge on any atom is 0.306 e. The van der Waals surface area contributed by atoms with Crippen LogP contribution < -0.4 is 0 Å². The molecule has 0 aromatic heterocycles. The van der Waals surface area contributed by atoms with E-state index in [4.69, 9.17) is 16.3 Å². The van der Waals surface area contributed by atoms with Gasteiger partial charge in [-0.15, -0.1) is 0 Å². The molecular weight excluding hydrogens is 267 g/mol. The van der Waals surface area contributed by atoms with Crippen LogP contribution >= 0.6 is 27.5 Å². The number of ether oxygens (including phenoxy) is 1. The molecule has 4 heteroatoms. The molecule has 1 aliphatic heterocycles. The van der Waals surface area contributed by atoms with Gasteiger partial charge in [-0.3, -0.25) is 4.79 Å². The van der Waals surface area contributed by atoms with Crippen molar-refractivity contribution < 1.29 is 9.53 Å². The SMILES string of the molecule is O=C1CC[C@H](c2ccc(Br)cc2Cl)O1. The summed E-state index contributed by atoms with van der Waals surface area (Å²) < 4.78 is 6.06. The summed E-state index contributed by atoms with van der Waals surface area (Å²) >= 11 is 9.36. The van der Waals surface area contributed by atoms with Crippen LogP contribution in [0.5, 0.6) is 0 Å². The number of cyclic esters (lactones) is 1. The van der Waals surface area contributed by atoms with E-state index in [9.17, 15) is 4.79 Å². The first-order valence-corrected chi connectivity index (χ1v) is 5.48. The second kappa shape index (κ2) is 3.91. The minimum Gasteiger partial charge on any atom is -0.457 e. The minimum absolute atomic E-state index is 0.144. The molecule has 0 aliphatic carbocycles. The molecular formula is C10H8BrClO2. The summed E-state index contributed by atoms with van der Waals surface area (Å²) in [5.74, 6) is -0.144. The number of hydrogen-bond acceptors (Lipinski definition) is 2. The van der Waals surface area contributed by atoms with E-state index in [0.717, 1.165) is 16.5 Å². The molecule has 0 amide bonds. The lowest BCUT2D eigenvalue weighted by atomic mass is 10.1. The van der Waals surface area contributed by atoms with Crippen LogP contribution in [0.2, 0.25) is 5.02 Å². The zero-order valence-electron chi connectivity index (χ0n) is 7.30. The van der Waals surface area contributed by atoms with E-state index < -0.39 is 0 Å². The lowest BCUT2D eigenvalue weighted by Gasteiger charge is -2.11. The molecule has 1 aliphatic rings. The van der Waals surface area contributed by atoms with Gasteiger partial charge in [-0.25, -0.2) is 0 Å². The number of hydrogen-bond donors (Lipinski definition) is 0. The van der Waals surface area contributed by atoms with E-state index in [1.807, 2.05) is 18.2 Å². The van der Waals surface area contributed by atoms with Gasteiger partial charge in [-0.05, 0) is 18.6 Å². The quantitative estimate of drug-likeness (QED) is 0.734. The average Bonchev–Trinajstić information content (AvgIpc) is 2.51. The van der Waals surface area contributed by atoms with Gasteiger partial charge < -0.3 is 4.74 Å². The van der Waals surface area contributed by atoms with Crippen molar-refractivity contribution in [3.8, 4) is 0 Å². The van der Waals surface area contributed by atoms with Crippen molar-refractivity contribution in [2.75, 3.05) is 0 Å². The van der Waals surface area contributed by atoms with Gasteiger partial charge in [-0.1, -0.05) is 33.6 Å². The van der Waals surface area contributed by atoms with Crippen LogP contribution in [-0.2, 0) is 9.53 Å². The van der Waals surface area contributed by atoms with Gasteiger partial charge in [-0.2, -0.15) is 0 Å². The Morgan fingerprint density at radius 3 is 2.86 bits per heavy atom. The van der Waals surface area contributed by atoms with Crippen molar-refractivity contribution in [2.45, 2.75) is 18.9 Å². The molecule has 74 valence electrons. The Bertz CT molecular complexity index is 378. The predicted molar refractivity (Wildman–Crippen MR) is 57.2 cm³/mol. The third kappa shape index (κ3) is 1.93. The lowest BCUT2D eigenvalue weighted by Crippen LogP contribution is -1.99. The smallest absolute Gasteiger partial charge is 0.306 e. The Hall–Kier alpha value is -0.540. The molecule has 0 radical (unpaired) electrons. The highest BCUT2D eigenvalue weighted by Crippen LogP contribution is 2.34. The van der Waals surface area contributed by atoms with Crippen LogP contribution in [0.4, 0.5) is 0 Å². The number of carbonyl (C=O) groups excluding carboxylic acids is 1. The number of benzene rings is 1. The predicted octanol–water partition coefficient (Wildman–Crippen LogP) is 3.48. The summed E-state index contributed by atoms with van der Waals surface area (Å²) in [5, 5.41) is 0.638. The van der Waals surface area contributed by atoms with Crippen molar-refractivity contribution in [1.29, 1.82) is 0 Å². The Labute approximate surface area is 95.3 Å². The maximum absolute atomic E-state index is 10.9. The van der Waals surface area contributed by atoms with Gasteiger partial charge >= 0.3 is 5.97 Å². The number of carbonyl (C=O) groups is 1. The zero-order valence-corrected chi connectivity index (χ0v) is 9.64. The van der Waals surface area contributed by atoms with Crippen LogP contribution in [0, 0.1) is 0 Å². The molecule has 0 saturated carbocycles. The maximum atomic E-state index is 10.9. The molecule has 0 spiro atoms. The first kappa shape index (κ1) is 9.99. The molecule has 1 saturated heterocycles. The van der Waals surface area contributed by atoms with Gasteiger partial charge in [0.1, 0.15) is 6.10 Å². The summed E-state index contributed by atoms with van der Waals surface area (Å²) in [6.07, 6.45) is 1.04. The van der Waals surface area contributed by atoms with Gasteiger partial charge in [0.05, 0.1) is 0 Å². The van der Waals surface area contributed by atoms with Crippen LogP contribution in [0.3, 0.4) is 0 Å². The van der Waals surface area contributed by atoms with Crippen LogP contribution in [0.25, 0.3) is 0 Å². The molecule has 2 rings (SSSR count). The second-order valence-corrected chi connectivity index (χ2v) is 4.51. The molecule has 1 aromatic rings. The molecule has 14 heavy (non-hydrogen) atoms. The number of halogens is 2. The van der Waals surface area contributed by atoms with Crippen LogP contribution in [-0.4, -0.2) is 5.97 Å². The molecule has 1 heterocycles. The average molecular weight is 276 g/mol. The van der Waals surface area contributed by atoms with E-state index in [0.29, 0.717) is 11.4 Å². The summed E-state index contributed by atoms with van der Waals surface area (Å²) in [6, 6.07) is 5.59. The lowest BCUT2D eigenvalue weighted by molar-refractivity contribution is -0.141. The largest absolute Gasteiger partial charge is 0.457 e. The second-order valence-electron chi connectivity index (χ2n) is 3.18. The topological polar surface area (TPSA) is 26.3 Å². The standard InChI is InChI=1S/C10H8BrClO2/c11-6-1-2-7(8(12)5-6)9-3-4-10(13)14-9/h1-2,5,9H,3-4H2/t9-/m1/s1. The van der Waals surface area contributed by atoms with Gasteiger partial charge in [0.2, 0.25) is 0 Å². The molecule has 0 N–H and O–H groups in total. The number of esters is 1. The van der Waals surface area contributed by atoms with Crippen LogP contribution in [0.1, 0.15) is 24.5 Å². The Morgan fingerprint density at radius 2 is 2.29 bits per heavy atom. The summed E-state index contributed by atoms with van der Waals surface area (Å²) in [4.78, 5) is 10.9. The van der Waals surface area contributed by atoms with Crippen molar-refractivity contribution in [3.05, 3.63) is 33.3 Å². The van der Waals surface area contributed by atoms with Crippen molar-refractivity contribution in [1.82, 2.24) is 0 Å². The van der Waals surface area contributed by atoms with Gasteiger partial charge in [0.15, 0.2) is 0 Å². The van der Waals surface area contributed by atoms with Gasteiger partial charge in [0, 0.05) is 21.5 Å². The molecule has 1 aromatic carbocycles. The monoisotopic (exact) mass is 274 g/mol. The first-order chi connectivity index (χ1) is 6.66. The fraction of sp³-hybridized carbons (Fsp3) is 0.300. The van der Waals surface area contributed by atoms with Crippen molar-refractivity contribution >= 4 is 33.5 Å². The highest BCUT2D eigenvalue weighted by atomic mass is 79.9. The van der Waals surface area contributed by atoms with Crippen molar-refractivity contribution in [3.63, 3.8) is 0 Å². The highest BCUT2D eigenvalue weighted by molar-refractivity contribution is 9.10. The Kier molecular flexibility index (Phi) is 2.79. The van der Waals surface area contributed by atoms with Crippen molar-refractivity contribution in [2.24, 2.45) is 0 Å². The van der Waals surface area contributed by atoms with E-state index >= 15 is 0 Å². The van der Waals surface area contributed by atoms with E-state index in [1.54, 1.807) is 0 Å². The normalized spacial score (nSPS) is 21.0. The highest BCUT2D eigenvalue weighted by Gasteiger charge is 2.26. The molecule has 0 bridgehead atoms.